The summed E-state index contributed by atoms with van der Waals surface area (Å²) >= 11 is 0. The number of rotatable bonds is 17. The Kier molecular flexibility index (Phi) is 12.1. The van der Waals surface area contributed by atoms with Gasteiger partial charge in [-0.25, -0.2) is 0 Å². The van der Waals surface area contributed by atoms with Crippen LogP contribution in [0.5, 0.6) is 0 Å². The molecule has 6 nitrogen and oxygen atoms in total. The van der Waals surface area contributed by atoms with E-state index in [1.165, 1.54) is 20.7 Å². The van der Waals surface area contributed by atoms with Crippen LogP contribution in [-0.2, 0) is 18.3 Å². The second kappa shape index (κ2) is 16.2. The molecule has 6 rings (SSSR count). The van der Waals surface area contributed by atoms with Crippen molar-refractivity contribution in [3.8, 4) is 0 Å². The van der Waals surface area contributed by atoms with Crippen LogP contribution in [0.25, 0.3) is 0 Å². The Morgan fingerprint density at radius 3 is 1.00 bits per heavy atom. The predicted octanol–water partition coefficient (Wildman–Crippen LogP) is 5.96. The van der Waals surface area contributed by atoms with E-state index < -0.39 is 28.8 Å². The summed E-state index contributed by atoms with van der Waals surface area (Å²) in [5.74, 6) is 0. The molecule has 0 aromatic heterocycles. The number of hydrogen-bond donors (Lipinski definition) is 2. The Morgan fingerprint density at radius 1 is 0.481 bits per heavy atom. The molecule has 8 heteroatoms. The second-order valence-electron chi connectivity index (χ2n) is 16.7. The first-order valence-corrected chi connectivity index (χ1v) is 22.9. The number of epoxide rings is 2. The summed E-state index contributed by atoms with van der Waals surface area (Å²) in [6.07, 6.45) is 0.722. The Labute approximate surface area is 313 Å². The summed E-state index contributed by atoms with van der Waals surface area (Å²) < 4.78 is 26.2. The summed E-state index contributed by atoms with van der Waals surface area (Å²) in [5.41, 5.74) is 0. The molecule has 2 aliphatic heterocycles. The van der Waals surface area contributed by atoms with Crippen molar-refractivity contribution in [1.29, 1.82) is 0 Å². The minimum Gasteiger partial charge on any atom is -0.405 e. The highest BCUT2D eigenvalue weighted by Gasteiger charge is 2.53. The summed E-state index contributed by atoms with van der Waals surface area (Å²) in [6.45, 7) is 14.7. The molecule has 2 saturated heterocycles. The van der Waals surface area contributed by atoms with Gasteiger partial charge >= 0.3 is 0 Å². The Hall–Kier alpha value is -2.93. The molecule has 278 valence electrons. The average Bonchev–Trinajstić information content (AvgIpc) is 4.07. The van der Waals surface area contributed by atoms with Crippen LogP contribution in [0.1, 0.15) is 67.2 Å². The van der Waals surface area contributed by atoms with Crippen LogP contribution in [0.15, 0.2) is 121 Å². The van der Waals surface area contributed by atoms with Crippen molar-refractivity contribution in [2.75, 3.05) is 13.2 Å². The quantitative estimate of drug-likeness (QED) is 0.103. The van der Waals surface area contributed by atoms with Crippen LogP contribution in [0.3, 0.4) is 0 Å². The van der Waals surface area contributed by atoms with Gasteiger partial charge in [-0.15, -0.1) is 0 Å². The van der Waals surface area contributed by atoms with E-state index in [1.54, 1.807) is 0 Å². The number of hydrogen-bond acceptors (Lipinski definition) is 6. The lowest BCUT2D eigenvalue weighted by Gasteiger charge is -2.43. The van der Waals surface area contributed by atoms with Crippen molar-refractivity contribution in [1.82, 2.24) is 0 Å². The molecule has 0 amide bonds. The van der Waals surface area contributed by atoms with Gasteiger partial charge in [0.05, 0.1) is 37.6 Å². The highest BCUT2D eigenvalue weighted by molar-refractivity contribution is 7.00. The van der Waals surface area contributed by atoms with Gasteiger partial charge in [0.25, 0.3) is 16.6 Å². The van der Waals surface area contributed by atoms with Crippen molar-refractivity contribution in [3.63, 3.8) is 0 Å². The third kappa shape index (κ3) is 8.40. The zero-order chi connectivity index (χ0) is 37.0. The Bertz CT molecular complexity index is 1470. The highest BCUT2D eigenvalue weighted by atomic mass is 28.4. The molecule has 2 aliphatic rings. The fourth-order valence-corrected chi connectivity index (χ4v) is 17.3. The third-order valence-corrected chi connectivity index (χ3v) is 21.1. The molecular formula is C44H58O6Si2. The molecule has 0 unspecified atom stereocenters. The van der Waals surface area contributed by atoms with E-state index in [2.05, 4.69) is 163 Å². The number of aliphatic hydroxyl groups is 2. The first-order chi connectivity index (χ1) is 24.9. The predicted molar refractivity (Wildman–Crippen MR) is 215 cm³/mol. The minimum atomic E-state index is -2.63. The van der Waals surface area contributed by atoms with E-state index in [4.69, 9.17) is 18.3 Å². The number of aliphatic hydroxyl groups excluding tert-OH is 2. The van der Waals surface area contributed by atoms with Gasteiger partial charge in [0.2, 0.25) is 0 Å². The van der Waals surface area contributed by atoms with Gasteiger partial charge < -0.3 is 28.5 Å². The summed E-state index contributed by atoms with van der Waals surface area (Å²) in [4.78, 5) is 0. The van der Waals surface area contributed by atoms with Gasteiger partial charge in [-0.2, -0.15) is 0 Å². The molecule has 4 aromatic carbocycles. The SMILES string of the molecule is CC(C)(C)[Si](OC[C@@H]1O[C@H]1CC[C@@H](O)[C@H](O)CC[C@@H]1O[C@H]1CO[Si](c1ccccc1)(c1ccccc1)C(C)(C)C)(c1ccccc1)c1ccccc1. The van der Waals surface area contributed by atoms with E-state index in [0.29, 0.717) is 38.9 Å². The van der Waals surface area contributed by atoms with Crippen molar-refractivity contribution in [2.45, 2.75) is 114 Å². The molecule has 0 radical (unpaired) electrons. The van der Waals surface area contributed by atoms with Gasteiger partial charge in [-0.3, -0.25) is 0 Å². The molecule has 2 heterocycles. The van der Waals surface area contributed by atoms with Crippen LogP contribution >= 0.6 is 0 Å². The number of ether oxygens (including phenoxy) is 2. The lowest BCUT2D eigenvalue weighted by atomic mass is 10.0. The fourth-order valence-electron chi connectivity index (χ4n) is 8.15. The van der Waals surface area contributed by atoms with Crippen molar-refractivity contribution < 1.29 is 28.5 Å². The largest absolute Gasteiger partial charge is 0.405 e. The maximum Gasteiger partial charge on any atom is 0.261 e. The summed E-state index contributed by atoms with van der Waals surface area (Å²) in [6, 6.07) is 42.6. The standard InChI is InChI=1S/C44H58O6Si2/c1-43(2,3)51(33-19-11-7-12-20-33,34-21-13-8-14-22-34)47-31-41-39(49-41)29-27-37(45)38(46)28-30-40-42(50-40)32-48-52(44(4,5)6,35-23-15-9-16-24-35)36-25-17-10-18-26-36/h7-26,37-42,45-46H,27-32H2,1-6H3/t37-,38-,39+,40+,41+,42+/m1/s1. The van der Waals surface area contributed by atoms with Gasteiger partial charge in [-0.05, 0) is 56.5 Å². The smallest absolute Gasteiger partial charge is 0.261 e. The maximum absolute atomic E-state index is 10.9. The normalized spacial score (nSPS) is 21.8. The topological polar surface area (TPSA) is 84.0 Å². The van der Waals surface area contributed by atoms with Crippen LogP contribution in [-0.4, -0.2) is 76.7 Å². The maximum atomic E-state index is 10.9. The van der Waals surface area contributed by atoms with Gasteiger partial charge in [0.1, 0.15) is 12.2 Å². The van der Waals surface area contributed by atoms with Crippen LogP contribution in [0, 0.1) is 0 Å². The first kappa shape index (κ1) is 38.8. The molecular weight excluding hydrogens is 681 g/mol. The molecule has 2 fully saturated rings. The van der Waals surface area contributed by atoms with Crippen molar-refractivity contribution >= 4 is 37.4 Å². The molecule has 2 N–H and O–H groups in total. The fraction of sp³-hybridized carbons (Fsp3) is 0.455. The van der Waals surface area contributed by atoms with Crippen molar-refractivity contribution in [2.24, 2.45) is 0 Å². The zero-order valence-corrected chi connectivity index (χ0v) is 33.8. The molecule has 0 saturated carbocycles. The Balaban J connectivity index is 0.980. The van der Waals surface area contributed by atoms with E-state index >= 15 is 0 Å². The molecule has 6 atom stereocenters. The average molecular weight is 739 g/mol. The molecule has 0 bridgehead atoms. The molecule has 4 aromatic rings. The molecule has 0 aliphatic carbocycles. The minimum absolute atomic E-state index is 0.0119. The zero-order valence-electron chi connectivity index (χ0n) is 31.8. The Morgan fingerprint density at radius 2 is 0.750 bits per heavy atom. The van der Waals surface area contributed by atoms with Crippen molar-refractivity contribution in [3.05, 3.63) is 121 Å². The highest BCUT2D eigenvalue weighted by Crippen LogP contribution is 2.40. The van der Waals surface area contributed by atoms with E-state index in [1.807, 2.05) is 0 Å². The number of benzene rings is 4. The van der Waals surface area contributed by atoms with E-state index in [-0.39, 0.29) is 34.5 Å². The first-order valence-electron chi connectivity index (χ1n) is 19.0. The lowest BCUT2D eigenvalue weighted by Crippen LogP contribution is -2.66. The van der Waals surface area contributed by atoms with Crippen LogP contribution in [0.4, 0.5) is 0 Å². The second-order valence-corrected chi connectivity index (χ2v) is 25.3. The van der Waals surface area contributed by atoms with Crippen LogP contribution in [0.2, 0.25) is 10.1 Å². The molecule has 52 heavy (non-hydrogen) atoms. The van der Waals surface area contributed by atoms with Crippen LogP contribution < -0.4 is 20.7 Å². The van der Waals surface area contributed by atoms with Gasteiger partial charge in [-0.1, -0.05) is 163 Å². The lowest BCUT2D eigenvalue weighted by molar-refractivity contribution is 0.00582. The van der Waals surface area contributed by atoms with E-state index in [0.717, 1.165) is 0 Å². The van der Waals surface area contributed by atoms with Gasteiger partial charge in [0, 0.05) is 0 Å². The summed E-state index contributed by atoms with van der Waals surface area (Å²) in [5, 5.41) is 26.6. The summed E-state index contributed by atoms with van der Waals surface area (Å²) in [7, 11) is -5.27. The van der Waals surface area contributed by atoms with E-state index in [9.17, 15) is 10.2 Å². The molecule has 0 spiro atoms. The monoisotopic (exact) mass is 738 g/mol. The van der Waals surface area contributed by atoms with Gasteiger partial charge in [0.15, 0.2) is 0 Å². The third-order valence-electron chi connectivity index (χ3n) is 11.1.